The molecule has 1 aliphatic rings. The minimum atomic E-state index is -0.281. The summed E-state index contributed by atoms with van der Waals surface area (Å²) in [5.74, 6) is -0.290. The van der Waals surface area contributed by atoms with Crippen molar-refractivity contribution < 1.29 is 14.6 Å². The SMILES string of the molecule is O=C(NCC1CN(Cc2ccccc2)CCO1)c1ccccc1O. The lowest BCUT2D eigenvalue weighted by Gasteiger charge is -2.33. The number of carbonyl (C=O) groups is 1. The lowest BCUT2D eigenvalue weighted by Crippen LogP contribution is -2.47. The van der Waals surface area contributed by atoms with Crippen LogP contribution in [0.4, 0.5) is 0 Å². The predicted octanol–water partition coefficient (Wildman–Crippen LogP) is 2.02. The molecular weight excluding hydrogens is 304 g/mol. The Labute approximate surface area is 141 Å². The first kappa shape index (κ1) is 16.5. The van der Waals surface area contributed by atoms with Crippen LogP contribution in [0, 0.1) is 0 Å². The molecule has 2 aromatic rings. The van der Waals surface area contributed by atoms with Crippen molar-refractivity contribution in [2.75, 3.05) is 26.2 Å². The molecule has 1 aliphatic heterocycles. The largest absolute Gasteiger partial charge is 0.507 e. The highest BCUT2D eigenvalue weighted by Gasteiger charge is 2.21. The van der Waals surface area contributed by atoms with E-state index >= 15 is 0 Å². The molecule has 0 aliphatic carbocycles. The summed E-state index contributed by atoms with van der Waals surface area (Å²) in [6.45, 7) is 3.63. The van der Waals surface area contributed by atoms with Gasteiger partial charge in [0.1, 0.15) is 5.75 Å². The highest BCUT2D eigenvalue weighted by Crippen LogP contribution is 2.15. The van der Waals surface area contributed by atoms with E-state index in [4.69, 9.17) is 4.74 Å². The van der Waals surface area contributed by atoms with Gasteiger partial charge in [-0.05, 0) is 17.7 Å². The zero-order valence-corrected chi connectivity index (χ0v) is 13.5. The van der Waals surface area contributed by atoms with Crippen LogP contribution in [0.3, 0.4) is 0 Å². The van der Waals surface area contributed by atoms with E-state index in [0.717, 1.165) is 19.6 Å². The summed E-state index contributed by atoms with van der Waals surface area (Å²) in [6.07, 6.45) is -0.0442. The Morgan fingerprint density at radius 3 is 2.71 bits per heavy atom. The number of nitrogens with one attached hydrogen (secondary N) is 1. The van der Waals surface area contributed by atoms with Gasteiger partial charge in [-0.15, -0.1) is 0 Å². The highest BCUT2D eigenvalue weighted by molar-refractivity contribution is 5.96. The van der Waals surface area contributed by atoms with Crippen LogP contribution in [-0.2, 0) is 11.3 Å². The number of hydrogen-bond donors (Lipinski definition) is 2. The molecule has 5 nitrogen and oxygen atoms in total. The van der Waals surface area contributed by atoms with Crippen LogP contribution in [0.5, 0.6) is 5.75 Å². The number of hydrogen-bond acceptors (Lipinski definition) is 4. The van der Waals surface area contributed by atoms with Gasteiger partial charge in [-0.25, -0.2) is 0 Å². The van der Waals surface area contributed by atoms with E-state index in [1.54, 1.807) is 18.2 Å². The average Bonchev–Trinajstić information content (AvgIpc) is 2.61. The Kier molecular flexibility index (Phi) is 5.46. The van der Waals surface area contributed by atoms with Crippen molar-refractivity contribution in [1.29, 1.82) is 0 Å². The van der Waals surface area contributed by atoms with E-state index in [9.17, 15) is 9.90 Å². The smallest absolute Gasteiger partial charge is 0.255 e. The van der Waals surface area contributed by atoms with Gasteiger partial charge < -0.3 is 15.2 Å². The summed E-state index contributed by atoms with van der Waals surface area (Å²) < 4.78 is 5.74. The van der Waals surface area contributed by atoms with Gasteiger partial charge in [-0.1, -0.05) is 42.5 Å². The molecule has 2 aromatic carbocycles. The van der Waals surface area contributed by atoms with Gasteiger partial charge in [-0.3, -0.25) is 9.69 Å². The van der Waals surface area contributed by atoms with Gasteiger partial charge in [0, 0.05) is 26.2 Å². The van der Waals surface area contributed by atoms with Crippen molar-refractivity contribution in [3.63, 3.8) is 0 Å². The second kappa shape index (κ2) is 7.95. The fraction of sp³-hybridized carbons (Fsp3) is 0.316. The second-order valence-electron chi connectivity index (χ2n) is 5.94. The number of phenolic OH excluding ortho intramolecular Hbond substituents is 1. The Morgan fingerprint density at radius 1 is 1.17 bits per heavy atom. The molecule has 0 saturated carbocycles. The number of para-hydroxylation sites is 1. The third-order valence-corrected chi connectivity index (χ3v) is 4.11. The monoisotopic (exact) mass is 326 g/mol. The third kappa shape index (κ3) is 4.34. The number of rotatable bonds is 5. The average molecular weight is 326 g/mol. The third-order valence-electron chi connectivity index (χ3n) is 4.11. The summed E-state index contributed by atoms with van der Waals surface area (Å²) in [6, 6.07) is 16.9. The zero-order chi connectivity index (χ0) is 16.8. The van der Waals surface area contributed by atoms with Crippen molar-refractivity contribution >= 4 is 5.91 Å². The number of amides is 1. The molecule has 0 bridgehead atoms. The number of phenols is 1. The maximum Gasteiger partial charge on any atom is 0.255 e. The van der Waals surface area contributed by atoms with Gasteiger partial charge >= 0.3 is 0 Å². The molecule has 0 spiro atoms. The van der Waals surface area contributed by atoms with E-state index in [1.165, 1.54) is 11.6 Å². The van der Waals surface area contributed by atoms with E-state index in [-0.39, 0.29) is 23.3 Å². The summed E-state index contributed by atoms with van der Waals surface area (Å²) >= 11 is 0. The minimum Gasteiger partial charge on any atom is -0.507 e. The molecule has 1 amide bonds. The van der Waals surface area contributed by atoms with Crippen LogP contribution < -0.4 is 5.32 Å². The molecular formula is C19H22N2O3. The summed E-state index contributed by atoms with van der Waals surface area (Å²) in [4.78, 5) is 14.5. The first-order valence-electron chi connectivity index (χ1n) is 8.16. The van der Waals surface area contributed by atoms with Gasteiger partial charge in [0.25, 0.3) is 5.91 Å². The molecule has 24 heavy (non-hydrogen) atoms. The minimum absolute atomic E-state index is 0.00901. The first-order chi connectivity index (χ1) is 11.7. The number of benzene rings is 2. The number of ether oxygens (including phenoxy) is 1. The molecule has 1 atom stereocenters. The maximum absolute atomic E-state index is 12.1. The Hall–Kier alpha value is -2.37. The van der Waals surface area contributed by atoms with E-state index in [2.05, 4.69) is 22.3 Å². The second-order valence-corrected chi connectivity index (χ2v) is 5.94. The number of nitrogens with zero attached hydrogens (tertiary/aromatic N) is 1. The standard InChI is InChI=1S/C19H22N2O3/c22-18-9-5-4-8-17(18)19(23)20-12-16-14-21(10-11-24-16)13-15-6-2-1-3-7-15/h1-9,16,22H,10-14H2,(H,20,23). The molecule has 1 unspecified atom stereocenters. The van der Waals surface area contributed by atoms with Crippen molar-refractivity contribution in [3.8, 4) is 5.75 Å². The maximum atomic E-state index is 12.1. The predicted molar refractivity (Wildman–Crippen MR) is 91.9 cm³/mol. The van der Waals surface area contributed by atoms with Crippen LogP contribution >= 0.6 is 0 Å². The van der Waals surface area contributed by atoms with Crippen LogP contribution in [-0.4, -0.2) is 48.3 Å². The zero-order valence-electron chi connectivity index (χ0n) is 13.5. The van der Waals surface area contributed by atoms with Gasteiger partial charge in [-0.2, -0.15) is 0 Å². The fourth-order valence-electron chi connectivity index (χ4n) is 2.86. The summed E-state index contributed by atoms with van der Waals surface area (Å²) in [7, 11) is 0. The van der Waals surface area contributed by atoms with Gasteiger partial charge in [0.05, 0.1) is 18.3 Å². The molecule has 1 heterocycles. The van der Waals surface area contributed by atoms with Crippen LogP contribution in [0.1, 0.15) is 15.9 Å². The number of morpholine rings is 1. The van der Waals surface area contributed by atoms with Crippen LogP contribution in [0.25, 0.3) is 0 Å². The molecule has 5 heteroatoms. The molecule has 3 rings (SSSR count). The van der Waals surface area contributed by atoms with Crippen molar-refractivity contribution in [1.82, 2.24) is 10.2 Å². The van der Waals surface area contributed by atoms with Crippen LogP contribution in [0.2, 0.25) is 0 Å². The summed E-state index contributed by atoms with van der Waals surface area (Å²) in [5, 5.41) is 12.6. The molecule has 2 N–H and O–H groups in total. The quantitative estimate of drug-likeness (QED) is 0.882. The normalized spacial score (nSPS) is 18.2. The molecule has 0 aromatic heterocycles. The fourth-order valence-corrected chi connectivity index (χ4v) is 2.86. The van der Waals surface area contributed by atoms with Crippen LogP contribution in [0.15, 0.2) is 54.6 Å². The van der Waals surface area contributed by atoms with Gasteiger partial charge in [0.15, 0.2) is 0 Å². The lowest BCUT2D eigenvalue weighted by molar-refractivity contribution is -0.0292. The van der Waals surface area contributed by atoms with Crippen molar-refractivity contribution in [3.05, 3.63) is 65.7 Å². The lowest BCUT2D eigenvalue weighted by atomic mass is 10.1. The Morgan fingerprint density at radius 2 is 1.92 bits per heavy atom. The topological polar surface area (TPSA) is 61.8 Å². The molecule has 1 fully saturated rings. The van der Waals surface area contributed by atoms with Crippen molar-refractivity contribution in [2.45, 2.75) is 12.6 Å². The molecule has 0 radical (unpaired) electrons. The first-order valence-corrected chi connectivity index (χ1v) is 8.16. The van der Waals surface area contributed by atoms with E-state index in [1.807, 2.05) is 18.2 Å². The Bertz CT molecular complexity index is 675. The Balaban J connectivity index is 1.50. The number of carbonyl (C=O) groups excluding carboxylic acids is 1. The van der Waals surface area contributed by atoms with Crippen molar-refractivity contribution in [2.24, 2.45) is 0 Å². The number of aromatic hydroxyl groups is 1. The molecule has 1 saturated heterocycles. The van der Waals surface area contributed by atoms with E-state index < -0.39 is 0 Å². The highest BCUT2D eigenvalue weighted by atomic mass is 16.5. The molecule has 126 valence electrons. The summed E-state index contributed by atoms with van der Waals surface area (Å²) in [5.41, 5.74) is 1.56. The van der Waals surface area contributed by atoms with Gasteiger partial charge in [0.2, 0.25) is 0 Å². The van der Waals surface area contributed by atoms with E-state index in [0.29, 0.717) is 13.2 Å².